The van der Waals surface area contributed by atoms with Crippen LogP contribution in [-0.2, 0) is 20.0 Å². The van der Waals surface area contributed by atoms with Crippen LogP contribution in [0.25, 0.3) is 0 Å². The van der Waals surface area contributed by atoms with E-state index in [-0.39, 0.29) is 28.3 Å². The molecular weight excluding hydrogens is 471 g/mol. The largest absolute Gasteiger partial charge is 0.324 e. The van der Waals surface area contributed by atoms with Gasteiger partial charge < -0.3 is 5.32 Å². The lowest BCUT2D eigenvalue weighted by Crippen LogP contribution is -2.29. The van der Waals surface area contributed by atoms with Gasteiger partial charge in [-0.3, -0.25) is 4.72 Å². The van der Waals surface area contributed by atoms with Crippen LogP contribution < -0.4 is 15.2 Å². The van der Waals surface area contributed by atoms with Crippen molar-refractivity contribution >= 4 is 43.2 Å². The van der Waals surface area contributed by atoms with Gasteiger partial charge in [-0.25, -0.2) is 36.3 Å². The Morgan fingerprint density at radius 2 is 2.03 bits per heavy atom. The molecule has 0 amide bonds. The lowest BCUT2D eigenvalue weighted by atomic mass is 9.95. The number of rotatable bonds is 8. The second-order valence-electron chi connectivity index (χ2n) is 7.69. The second kappa shape index (κ2) is 9.00. The predicted octanol–water partition coefficient (Wildman–Crippen LogP) is 2.25. The van der Waals surface area contributed by atoms with Gasteiger partial charge >= 0.3 is 0 Å². The highest BCUT2D eigenvalue weighted by molar-refractivity contribution is 7.89. The summed E-state index contributed by atoms with van der Waals surface area (Å²) in [4.78, 5) is 12.1. The van der Waals surface area contributed by atoms with Gasteiger partial charge in [0.1, 0.15) is 0 Å². The van der Waals surface area contributed by atoms with Crippen LogP contribution in [-0.4, -0.2) is 38.3 Å². The third kappa shape index (κ3) is 6.43. The first-order valence-corrected chi connectivity index (χ1v) is 13.1. The van der Waals surface area contributed by atoms with E-state index in [1.54, 1.807) is 24.3 Å². The molecule has 0 spiro atoms. The van der Waals surface area contributed by atoms with Gasteiger partial charge in [-0.05, 0) is 43.0 Å². The van der Waals surface area contributed by atoms with Crippen molar-refractivity contribution in [2.75, 3.05) is 11.1 Å². The first-order chi connectivity index (χ1) is 15.6. The minimum Gasteiger partial charge on any atom is -0.324 e. The molecule has 174 valence electrons. The van der Waals surface area contributed by atoms with Crippen molar-refractivity contribution in [1.29, 1.82) is 0 Å². The van der Waals surface area contributed by atoms with E-state index in [1.807, 2.05) is 0 Å². The molecule has 2 aliphatic rings. The zero-order chi connectivity index (χ0) is 23.6. The summed E-state index contributed by atoms with van der Waals surface area (Å²) in [5, 5.41) is 7.93. The van der Waals surface area contributed by atoms with Gasteiger partial charge in [0.2, 0.25) is 26.0 Å². The summed E-state index contributed by atoms with van der Waals surface area (Å²) >= 11 is 0. The van der Waals surface area contributed by atoms with E-state index in [4.69, 9.17) is 5.14 Å². The summed E-state index contributed by atoms with van der Waals surface area (Å²) < 4.78 is 64.3. The Labute approximate surface area is 190 Å². The Bertz CT molecular complexity index is 1390. The topological polar surface area (TPSA) is 156 Å². The molecule has 0 saturated carbocycles. The highest BCUT2D eigenvalue weighted by Crippen LogP contribution is 2.25. The van der Waals surface area contributed by atoms with E-state index in [0.717, 1.165) is 6.20 Å². The van der Waals surface area contributed by atoms with E-state index < -0.39 is 25.9 Å². The Balaban J connectivity index is 1.50. The number of benzene rings is 1. The monoisotopic (exact) mass is 492 g/mol. The maximum atomic E-state index is 14.3. The Hall–Kier alpha value is -3.16. The number of nitrogens with zero attached hydrogens (tertiary/aromatic N) is 3. The molecule has 33 heavy (non-hydrogen) atoms. The van der Waals surface area contributed by atoms with Crippen LogP contribution in [0.3, 0.4) is 0 Å². The molecule has 0 aliphatic heterocycles. The average molecular weight is 493 g/mol. The van der Waals surface area contributed by atoms with Crippen molar-refractivity contribution in [2.45, 2.75) is 24.2 Å². The van der Waals surface area contributed by atoms with E-state index in [0.29, 0.717) is 36.4 Å². The number of hydrogen-bond donors (Lipinski definition) is 3. The van der Waals surface area contributed by atoms with Crippen molar-refractivity contribution in [1.82, 2.24) is 14.7 Å². The first kappa shape index (κ1) is 23.0. The van der Waals surface area contributed by atoms with Gasteiger partial charge in [-0.2, -0.15) is 4.98 Å². The molecule has 0 saturated heterocycles. The summed E-state index contributed by atoms with van der Waals surface area (Å²) in [6, 6.07) is 5.71. The quantitative estimate of drug-likeness (QED) is 0.510. The number of halogens is 1. The number of hydrogen-bond acceptors (Lipinski definition) is 8. The molecule has 4 N–H and O–H groups in total. The van der Waals surface area contributed by atoms with Crippen LogP contribution in [0.4, 0.5) is 21.8 Å². The Kier molecular flexibility index (Phi) is 6.28. The number of aliphatic imine (C=N–C) groups is 1. The summed E-state index contributed by atoms with van der Waals surface area (Å²) in [6.45, 7) is 0. The molecule has 0 bridgehead atoms. The van der Waals surface area contributed by atoms with Gasteiger partial charge in [0.25, 0.3) is 0 Å². The molecule has 1 aromatic heterocycles. The third-order valence-corrected chi connectivity index (χ3v) is 7.22. The number of sulfonamides is 2. The van der Waals surface area contributed by atoms with Crippen LogP contribution >= 0.6 is 0 Å². The number of allylic oxidation sites excluding steroid dienone is 4. The van der Waals surface area contributed by atoms with Crippen LogP contribution in [0.15, 0.2) is 64.3 Å². The standard InChI is InChI=1S/C20H21FN6O4S2/c21-18-11-23-20(25-16-5-2-6-17(10-16)33(22,30)31)26-19(18)24-15-4-1-3-13(9-15)12-32(28,29)27-14-7-8-14/h1-2,4-7,10-11,13,27H,3,8-9,12H2,(H2,22,30,31)(H,23,25,26). The van der Waals surface area contributed by atoms with Gasteiger partial charge in [0, 0.05) is 23.5 Å². The SMILES string of the molecule is NS(=O)(=O)c1cccc(Nc2ncc(F)c(N=C3C=CCC(CS(=O)(=O)NC4=CC4)C3)n2)c1. The van der Waals surface area contributed by atoms with E-state index in [2.05, 4.69) is 25.0 Å². The number of aromatic nitrogens is 2. The molecule has 2 aliphatic carbocycles. The molecule has 4 rings (SSSR count). The van der Waals surface area contributed by atoms with Crippen molar-refractivity contribution in [3.8, 4) is 0 Å². The minimum absolute atomic E-state index is 0.00291. The summed E-state index contributed by atoms with van der Waals surface area (Å²) in [5.74, 6) is -1.24. The fourth-order valence-electron chi connectivity index (χ4n) is 3.25. The fraction of sp³-hybridized carbons (Fsp3) is 0.250. The summed E-state index contributed by atoms with van der Waals surface area (Å²) in [7, 11) is -7.34. The van der Waals surface area contributed by atoms with Gasteiger partial charge in [-0.1, -0.05) is 18.2 Å². The highest BCUT2D eigenvalue weighted by atomic mass is 32.2. The zero-order valence-electron chi connectivity index (χ0n) is 17.3. The third-order valence-electron chi connectivity index (χ3n) is 4.82. The maximum absolute atomic E-state index is 14.3. The summed E-state index contributed by atoms with van der Waals surface area (Å²) in [5.41, 5.74) is 1.53. The first-order valence-electron chi connectivity index (χ1n) is 9.93. The lowest BCUT2D eigenvalue weighted by molar-refractivity contribution is 0.553. The average Bonchev–Trinajstić information content (AvgIpc) is 3.53. The number of nitrogens with two attached hydrogens (primary N) is 1. The molecule has 2 aromatic rings. The smallest absolute Gasteiger partial charge is 0.238 e. The molecule has 1 unspecified atom stereocenters. The zero-order valence-corrected chi connectivity index (χ0v) is 18.9. The Morgan fingerprint density at radius 3 is 2.76 bits per heavy atom. The number of nitrogens with one attached hydrogen (secondary N) is 2. The molecule has 13 heteroatoms. The van der Waals surface area contributed by atoms with Crippen LogP contribution in [0.2, 0.25) is 0 Å². The Morgan fingerprint density at radius 1 is 1.24 bits per heavy atom. The summed E-state index contributed by atoms with van der Waals surface area (Å²) in [6.07, 6.45) is 7.82. The molecule has 1 heterocycles. The predicted molar refractivity (Wildman–Crippen MR) is 122 cm³/mol. The normalized spacial score (nSPS) is 19.3. The number of anilines is 2. The molecule has 1 atom stereocenters. The van der Waals surface area contributed by atoms with Crippen LogP contribution in [0.1, 0.15) is 19.3 Å². The van der Waals surface area contributed by atoms with Crippen molar-refractivity contribution in [3.05, 3.63) is 60.2 Å². The van der Waals surface area contributed by atoms with Crippen molar-refractivity contribution in [3.63, 3.8) is 0 Å². The van der Waals surface area contributed by atoms with Crippen molar-refractivity contribution in [2.24, 2.45) is 16.0 Å². The molecule has 10 nitrogen and oxygen atoms in total. The molecule has 0 fully saturated rings. The highest BCUT2D eigenvalue weighted by Gasteiger charge is 2.24. The number of primary sulfonamides is 1. The van der Waals surface area contributed by atoms with Crippen molar-refractivity contribution < 1.29 is 21.2 Å². The van der Waals surface area contributed by atoms with E-state index in [9.17, 15) is 21.2 Å². The molecule has 1 aromatic carbocycles. The molecule has 0 radical (unpaired) electrons. The maximum Gasteiger partial charge on any atom is 0.238 e. The molecular formula is C20H21FN6O4S2. The van der Waals surface area contributed by atoms with Crippen LogP contribution in [0, 0.1) is 11.7 Å². The lowest BCUT2D eigenvalue weighted by Gasteiger charge is -2.19. The van der Waals surface area contributed by atoms with Gasteiger partial charge in [-0.15, -0.1) is 0 Å². The van der Waals surface area contributed by atoms with E-state index in [1.165, 1.54) is 18.2 Å². The van der Waals surface area contributed by atoms with Gasteiger partial charge in [0.15, 0.2) is 11.6 Å². The van der Waals surface area contributed by atoms with Crippen LogP contribution in [0.5, 0.6) is 0 Å². The fourth-order valence-corrected chi connectivity index (χ4v) is 5.34. The van der Waals surface area contributed by atoms with E-state index >= 15 is 0 Å². The minimum atomic E-state index is -3.89. The second-order valence-corrected chi connectivity index (χ2v) is 11.0. The van der Waals surface area contributed by atoms with Gasteiger partial charge in [0.05, 0.1) is 16.8 Å².